The largest absolute Gasteiger partial charge is 0.398 e. The molecule has 4 N–H and O–H groups in total. The number of nitrogen functional groups attached to an aromatic ring is 1. The highest BCUT2D eigenvalue weighted by Gasteiger charge is 2.23. The Balaban J connectivity index is 3.46. The van der Waals surface area contributed by atoms with Gasteiger partial charge >= 0.3 is 6.03 Å². The van der Waals surface area contributed by atoms with E-state index < -0.39 is 16.1 Å². The quantitative estimate of drug-likeness (QED) is 0.693. The average molecular weight is 271 g/mol. The Hall–Kier alpha value is -1.76. The van der Waals surface area contributed by atoms with Crippen molar-refractivity contribution in [3.8, 4) is 0 Å². The number of carbonyl (C=O) groups is 1. The molecule has 0 saturated heterocycles. The van der Waals surface area contributed by atoms with Crippen molar-refractivity contribution in [3.05, 3.63) is 22.8 Å². The second-order valence-corrected chi connectivity index (χ2v) is 5.67. The first kappa shape index (κ1) is 14.3. The summed E-state index contributed by atoms with van der Waals surface area (Å²) in [6.45, 7) is 5.06. The zero-order chi connectivity index (χ0) is 14.1. The molecule has 0 aliphatic heterocycles. The van der Waals surface area contributed by atoms with Crippen LogP contribution in [0.4, 0.5) is 10.5 Å². The van der Waals surface area contributed by atoms with Crippen LogP contribution < -0.4 is 15.8 Å². The van der Waals surface area contributed by atoms with Crippen LogP contribution in [0.5, 0.6) is 0 Å². The molecular formula is C11H17N3O3S. The van der Waals surface area contributed by atoms with Gasteiger partial charge in [0.1, 0.15) is 0 Å². The molecule has 1 aromatic rings. The van der Waals surface area contributed by atoms with Crippen molar-refractivity contribution in [2.24, 2.45) is 0 Å². The SMILES string of the molecule is CNC(=O)NS(=O)(=O)c1c(C)c(C)cc(N)c1C. The second-order valence-electron chi connectivity index (χ2n) is 4.05. The predicted molar refractivity (Wildman–Crippen MR) is 69.8 cm³/mol. The molecule has 1 aromatic carbocycles. The van der Waals surface area contributed by atoms with Crippen molar-refractivity contribution < 1.29 is 13.2 Å². The monoisotopic (exact) mass is 271 g/mol. The van der Waals surface area contributed by atoms with Gasteiger partial charge in [0, 0.05) is 12.7 Å². The van der Waals surface area contributed by atoms with E-state index in [9.17, 15) is 13.2 Å². The number of nitrogens with two attached hydrogens (primary N) is 1. The summed E-state index contributed by atoms with van der Waals surface area (Å²) in [6.07, 6.45) is 0. The molecule has 0 spiro atoms. The lowest BCUT2D eigenvalue weighted by molar-refractivity contribution is 0.248. The van der Waals surface area contributed by atoms with Crippen LogP contribution in [0.1, 0.15) is 16.7 Å². The number of urea groups is 1. The number of carbonyl (C=O) groups excluding carboxylic acids is 1. The Bertz CT molecular complexity index is 568. The minimum absolute atomic E-state index is 0.0589. The zero-order valence-corrected chi connectivity index (χ0v) is 11.6. The minimum atomic E-state index is -3.92. The van der Waals surface area contributed by atoms with E-state index in [0.29, 0.717) is 16.8 Å². The van der Waals surface area contributed by atoms with E-state index in [1.165, 1.54) is 7.05 Å². The topological polar surface area (TPSA) is 101 Å². The number of anilines is 1. The van der Waals surface area contributed by atoms with Crippen LogP contribution >= 0.6 is 0 Å². The summed E-state index contributed by atoms with van der Waals surface area (Å²) < 4.78 is 26.2. The van der Waals surface area contributed by atoms with Gasteiger partial charge in [0.2, 0.25) is 0 Å². The molecule has 0 heterocycles. The summed E-state index contributed by atoms with van der Waals surface area (Å²) in [6, 6.07) is 0.928. The molecule has 6 nitrogen and oxygen atoms in total. The van der Waals surface area contributed by atoms with Gasteiger partial charge in [-0.3, -0.25) is 0 Å². The molecule has 0 saturated carbocycles. The first-order valence-electron chi connectivity index (χ1n) is 5.31. The van der Waals surface area contributed by atoms with Crippen molar-refractivity contribution in [1.82, 2.24) is 10.0 Å². The Kier molecular flexibility index (Phi) is 3.85. The standard InChI is InChI=1S/C11H17N3O3S/c1-6-5-9(12)8(3)10(7(6)2)18(16,17)14-11(15)13-4/h5H,12H2,1-4H3,(H2,13,14,15). The lowest BCUT2D eigenvalue weighted by Gasteiger charge is -2.15. The molecule has 18 heavy (non-hydrogen) atoms. The van der Waals surface area contributed by atoms with Gasteiger partial charge < -0.3 is 11.1 Å². The van der Waals surface area contributed by atoms with Crippen molar-refractivity contribution in [2.75, 3.05) is 12.8 Å². The van der Waals surface area contributed by atoms with Crippen LogP contribution in [-0.4, -0.2) is 21.5 Å². The summed E-state index contributed by atoms with van der Waals surface area (Å²) >= 11 is 0. The molecule has 0 aromatic heterocycles. The molecule has 7 heteroatoms. The summed E-state index contributed by atoms with van der Waals surface area (Å²) in [5.41, 5.74) is 7.92. The third-order valence-corrected chi connectivity index (χ3v) is 4.40. The molecule has 0 aliphatic rings. The molecule has 0 aliphatic carbocycles. The number of rotatable bonds is 2. The Morgan fingerprint density at radius 3 is 2.28 bits per heavy atom. The minimum Gasteiger partial charge on any atom is -0.398 e. The Labute approximate surface area is 107 Å². The summed E-state index contributed by atoms with van der Waals surface area (Å²) in [5, 5.41) is 2.20. The summed E-state index contributed by atoms with van der Waals surface area (Å²) in [7, 11) is -2.58. The van der Waals surface area contributed by atoms with E-state index in [4.69, 9.17) is 5.73 Å². The Morgan fingerprint density at radius 1 is 1.22 bits per heavy atom. The van der Waals surface area contributed by atoms with Gasteiger partial charge in [0.25, 0.3) is 10.0 Å². The van der Waals surface area contributed by atoms with E-state index >= 15 is 0 Å². The molecule has 0 unspecified atom stereocenters. The van der Waals surface area contributed by atoms with Crippen molar-refractivity contribution in [2.45, 2.75) is 25.7 Å². The lowest BCUT2D eigenvalue weighted by Crippen LogP contribution is -2.38. The van der Waals surface area contributed by atoms with Crippen molar-refractivity contribution in [1.29, 1.82) is 0 Å². The Morgan fingerprint density at radius 2 is 1.78 bits per heavy atom. The number of benzene rings is 1. The zero-order valence-electron chi connectivity index (χ0n) is 10.8. The first-order valence-corrected chi connectivity index (χ1v) is 6.79. The predicted octanol–water partition coefficient (Wildman–Crippen LogP) is 0.812. The van der Waals surface area contributed by atoms with Gasteiger partial charge in [-0.05, 0) is 43.5 Å². The van der Waals surface area contributed by atoms with Crippen LogP contribution in [0.2, 0.25) is 0 Å². The van der Waals surface area contributed by atoms with Crippen LogP contribution in [0.25, 0.3) is 0 Å². The highest BCUT2D eigenvalue weighted by Crippen LogP contribution is 2.27. The fourth-order valence-electron chi connectivity index (χ4n) is 1.67. The maximum Gasteiger partial charge on any atom is 0.328 e. The summed E-state index contributed by atoms with van der Waals surface area (Å²) in [4.78, 5) is 11.2. The fourth-order valence-corrected chi connectivity index (χ4v) is 3.20. The number of hydrogen-bond acceptors (Lipinski definition) is 4. The lowest BCUT2D eigenvalue weighted by atomic mass is 10.1. The third-order valence-electron chi connectivity index (χ3n) is 2.80. The molecular weight excluding hydrogens is 254 g/mol. The summed E-state index contributed by atoms with van der Waals surface area (Å²) in [5.74, 6) is 0. The van der Waals surface area contributed by atoms with Gasteiger partial charge in [-0.1, -0.05) is 0 Å². The fraction of sp³-hybridized carbons (Fsp3) is 0.364. The highest BCUT2D eigenvalue weighted by atomic mass is 32.2. The van der Waals surface area contributed by atoms with Crippen LogP contribution in [0, 0.1) is 20.8 Å². The maximum atomic E-state index is 12.1. The number of amides is 2. The van der Waals surface area contributed by atoms with Gasteiger partial charge in [-0.25, -0.2) is 17.9 Å². The van der Waals surface area contributed by atoms with Gasteiger partial charge in [-0.2, -0.15) is 0 Å². The molecule has 1 rings (SSSR count). The first-order chi connectivity index (χ1) is 8.20. The molecule has 2 amide bonds. The number of hydrogen-bond donors (Lipinski definition) is 3. The van der Waals surface area contributed by atoms with E-state index in [-0.39, 0.29) is 4.90 Å². The van der Waals surface area contributed by atoms with E-state index in [0.717, 1.165) is 5.56 Å². The molecule has 0 atom stereocenters. The highest BCUT2D eigenvalue weighted by molar-refractivity contribution is 7.90. The molecule has 100 valence electrons. The molecule has 0 bridgehead atoms. The van der Waals surface area contributed by atoms with E-state index in [2.05, 4.69) is 5.32 Å². The number of nitrogens with one attached hydrogen (secondary N) is 2. The third kappa shape index (κ3) is 2.56. The van der Waals surface area contributed by atoms with Crippen LogP contribution in [0.3, 0.4) is 0 Å². The number of aryl methyl sites for hydroxylation is 1. The molecule has 0 fully saturated rings. The number of sulfonamides is 1. The van der Waals surface area contributed by atoms with Crippen LogP contribution in [0.15, 0.2) is 11.0 Å². The smallest absolute Gasteiger partial charge is 0.328 e. The van der Waals surface area contributed by atoms with Crippen molar-refractivity contribution in [3.63, 3.8) is 0 Å². The average Bonchev–Trinajstić information content (AvgIpc) is 2.25. The van der Waals surface area contributed by atoms with E-state index in [1.54, 1.807) is 26.8 Å². The maximum absolute atomic E-state index is 12.1. The van der Waals surface area contributed by atoms with Gasteiger partial charge in [-0.15, -0.1) is 0 Å². The normalized spacial score (nSPS) is 11.1. The molecule has 0 radical (unpaired) electrons. The second kappa shape index (κ2) is 4.85. The van der Waals surface area contributed by atoms with Crippen molar-refractivity contribution >= 4 is 21.7 Å². The van der Waals surface area contributed by atoms with Crippen LogP contribution in [-0.2, 0) is 10.0 Å². The van der Waals surface area contributed by atoms with Gasteiger partial charge in [0.15, 0.2) is 0 Å². The van der Waals surface area contributed by atoms with Gasteiger partial charge in [0.05, 0.1) is 4.90 Å². The van der Waals surface area contributed by atoms with E-state index in [1.807, 2.05) is 4.72 Å².